The highest BCUT2D eigenvalue weighted by molar-refractivity contribution is 8.18. The van der Waals surface area contributed by atoms with Crippen molar-refractivity contribution in [3.05, 3.63) is 63.8 Å². The average Bonchev–Trinajstić information content (AvgIpc) is 3.26. The molecule has 0 radical (unpaired) electrons. The van der Waals surface area contributed by atoms with Crippen LogP contribution in [0.1, 0.15) is 4.88 Å². The highest BCUT2D eigenvalue weighted by Gasteiger charge is 2.36. The van der Waals surface area contributed by atoms with Crippen LogP contribution in [0, 0.1) is 0 Å². The number of thiophene rings is 1. The number of rotatable bonds is 4. The normalized spacial score (nSPS) is 15.7. The molecule has 0 unspecified atom stereocenters. The first kappa shape index (κ1) is 17.4. The van der Waals surface area contributed by atoms with Crippen LogP contribution in [0.25, 0.3) is 17.0 Å². The Morgan fingerprint density at radius 1 is 1.15 bits per heavy atom. The summed E-state index contributed by atoms with van der Waals surface area (Å²) in [5, 5.41) is 5.00. The van der Waals surface area contributed by atoms with E-state index in [1.54, 1.807) is 30.5 Å². The van der Waals surface area contributed by atoms with Crippen LogP contribution >= 0.6 is 23.1 Å². The number of pyridine rings is 1. The number of fused-ring (bicyclic) bond motifs is 1. The summed E-state index contributed by atoms with van der Waals surface area (Å²) < 4.78 is 0. The number of thioether (sulfide) groups is 1. The number of benzene rings is 1. The number of amides is 3. The molecule has 3 aromatic rings. The quantitative estimate of drug-likeness (QED) is 0.676. The van der Waals surface area contributed by atoms with E-state index in [1.165, 1.54) is 11.3 Å². The molecule has 0 atom stereocenters. The Balaban J connectivity index is 1.49. The molecule has 0 spiro atoms. The molecule has 27 heavy (non-hydrogen) atoms. The number of nitrogens with one attached hydrogen (secondary N) is 1. The number of imide groups is 1. The van der Waals surface area contributed by atoms with Crippen molar-refractivity contribution in [1.82, 2.24) is 9.88 Å². The van der Waals surface area contributed by atoms with Gasteiger partial charge in [0.25, 0.3) is 11.1 Å². The summed E-state index contributed by atoms with van der Waals surface area (Å²) in [5.74, 6) is -0.890. The first-order valence-electron chi connectivity index (χ1n) is 8.04. The minimum Gasteiger partial charge on any atom is -0.324 e. The van der Waals surface area contributed by atoms with Gasteiger partial charge in [-0.15, -0.1) is 11.3 Å². The van der Waals surface area contributed by atoms with Crippen LogP contribution in [0.15, 0.2) is 58.9 Å². The van der Waals surface area contributed by atoms with E-state index in [2.05, 4.69) is 10.3 Å². The number of nitrogens with zero attached hydrogens (tertiary/aromatic N) is 2. The molecule has 1 aliphatic rings. The van der Waals surface area contributed by atoms with Crippen LogP contribution in [0.3, 0.4) is 0 Å². The average molecular weight is 395 g/mol. The number of carbonyl (C=O) groups is 3. The second-order valence-corrected chi connectivity index (χ2v) is 7.68. The predicted octanol–water partition coefficient (Wildman–Crippen LogP) is 3.97. The molecule has 1 fully saturated rings. The lowest BCUT2D eigenvalue weighted by atomic mass is 10.2. The smallest absolute Gasteiger partial charge is 0.294 e. The zero-order valence-corrected chi connectivity index (χ0v) is 15.5. The highest BCUT2D eigenvalue weighted by atomic mass is 32.2. The predicted molar refractivity (Wildman–Crippen MR) is 107 cm³/mol. The number of carbonyl (C=O) groups excluding carboxylic acids is 3. The van der Waals surface area contributed by atoms with E-state index in [1.807, 2.05) is 29.6 Å². The van der Waals surface area contributed by atoms with Crippen molar-refractivity contribution in [2.75, 3.05) is 11.9 Å². The highest BCUT2D eigenvalue weighted by Crippen LogP contribution is 2.33. The van der Waals surface area contributed by atoms with Crippen molar-refractivity contribution in [3.63, 3.8) is 0 Å². The maximum atomic E-state index is 12.5. The minimum absolute atomic E-state index is 0.324. The molecule has 1 N–H and O–H groups in total. The zero-order valence-electron chi connectivity index (χ0n) is 13.9. The fourth-order valence-electron chi connectivity index (χ4n) is 2.68. The topological polar surface area (TPSA) is 79.4 Å². The van der Waals surface area contributed by atoms with Gasteiger partial charge >= 0.3 is 0 Å². The van der Waals surface area contributed by atoms with Crippen molar-refractivity contribution < 1.29 is 14.4 Å². The Hall–Kier alpha value is -2.97. The molecular weight excluding hydrogens is 382 g/mol. The van der Waals surface area contributed by atoms with Crippen molar-refractivity contribution in [2.24, 2.45) is 0 Å². The van der Waals surface area contributed by atoms with E-state index in [9.17, 15) is 14.4 Å². The molecule has 1 aromatic carbocycles. The van der Waals surface area contributed by atoms with Crippen LogP contribution in [-0.4, -0.2) is 33.5 Å². The third-order valence-electron chi connectivity index (χ3n) is 3.91. The zero-order chi connectivity index (χ0) is 18.8. The van der Waals surface area contributed by atoms with Gasteiger partial charge < -0.3 is 5.32 Å². The Morgan fingerprint density at radius 3 is 2.85 bits per heavy atom. The lowest BCUT2D eigenvalue weighted by Crippen LogP contribution is -2.36. The maximum Gasteiger partial charge on any atom is 0.294 e. The summed E-state index contributed by atoms with van der Waals surface area (Å²) in [4.78, 5) is 43.5. The fraction of sp³-hybridized carbons (Fsp3) is 0.0526. The van der Waals surface area contributed by atoms with Crippen molar-refractivity contribution in [3.8, 4) is 0 Å². The van der Waals surface area contributed by atoms with E-state index in [0.29, 0.717) is 10.6 Å². The molecule has 6 nitrogen and oxygen atoms in total. The second-order valence-electron chi connectivity index (χ2n) is 5.71. The molecule has 1 saturated heterocycles. The summed E-state index contributed by atoms with van der Waals surface area (Å²) in [6.07, 6.45) is 3.35. The molecule has 3 amide bonds. The van der Waals surface area contributed by atoms with Gasteiger partial charge in [-0.25, -0.2) is 0 Å². The lowest BCUT2D eigenvalue weighted by Gasteiger charge is -2.13. The van der Waals surface area contributed by atoms with Gasteiger partial charge in [0.2, 0.25) is 5.91 Å². The van der Waals surface area contributed by atoms with Gasteiger partial charge in [0.05, 0.1) is 16.1 Å². The van der Waals surface area contributed by atoms with E-state index in [0.717, 1.165) is 32.4 Å². The summed E-state index contributed by atoms with van der Waals surface area (Å²) in [5.41, 5.74) is 1.34. The largest absolute Gasteiger partial charge is 0.324 e. The van der Waals surface area contributed by atoms with Crippen molar-refractivity contribution in [1.29, 1.82) is 0 Å². The summed E-state index contributed by atoms with van der Waals surface area (Å²) in [6, 6.07) is 12.7. The van der Waals surface area contributed by atoms with Gasteiger partial charge in [-0.1, -0.05) is 12.1 Å². The standard InChI is InChI=1S/C19H13N3O3S2/c23-17(21-15-7-1-6-14-13(15)5-2-8-20-14)11-22-18(24)16(27-19(22)25)10-12-4-3-9-26-12/h1-10H,11H2,(H,21,23)/b16-10-. The molecule has 134 valence electrons. The summed E-state index contributed by atoms with van der Waals surface area (Å²) in [6.45, 7) is -0.330. The molecule has 0 bridgehead atoms. The Morgan fingerprint density at radius 2 is 2.04 bits per heavy atom. The molecule has 3 heterocycles. The monoisotopic (exact) mass is 395 g/mol. The van der Waals surface area contributed by atoms with Crippen LogP contribution in [0.5, 0.6) is 0 Å². The SMILES string of the molecule is O=C(CN1C(=O)S/C(=C\c2cccs2)C1=O)Nc1cccc2ncccc12. The van der Waals surface area contributed by atoms with Gasteiger partial charge in [-0.3, -0.25) is 24.3 Å². The van der Waals surface area contributed by atoms with E-state index >= 15 is 0 Å². The number of aromatic nitrogens is 1. The number of hydrogen-bond donors (Lipinski definition) is 1. The number of hydrogen-bond acceptors (Lipinski definition) is 6. The van der Waals surface area contributed by atoms with Gasteiger partial charge in [0, 0.05) is 16.5 Å². The lowest BCUT2D eigenvalue weighted by molar-refractivity contribution is -0.127. The summed E-state index contributed by atoms with van der Waals surface area (Å²) in [7, 11) is 0. The minimum atomic E-state index is -0.451. The first-order valence-corrected chi connectivity index (χ1v) is 9.74. The van der Waals surface area contributed by atoms with E-state index in [4.69, 9.17) is 0 Å². The number of anilines is 1. The third-order valence-corrected chi connectivity index (χ3v) is 5.64. The summed E-state index contributed by atoms with van der Waals surface area (Å²) >= 11 is 2.32. The van der Waals surface area contributed by atoms with Crippen LogP contribution in [-0.2, 0) is 9.59 Å². The maximum absolute atomic E-state index is 12.5. The van der Waals surface area contributed by atoms with Gasteiger partial charge in [-0.05, 0) is 53.5 Å². The van der Waals surface area contributed by atoms with E-state index in [-0.39, 0.29) is 6.54 Å². The van der Waals surface area contributed by atoms with Gasteiger partial charge in [0.15, 0.2) is 0 Å². The van der Waals surface area contributed by atoms with Gasteiger partial charge in [-0.2, -0.15) is 0 Å². The first-order chi connectivity index (χ1) is 13.1. The van der Waals surface area contributed by atoms with Crippen molar-refractivity contribution >= 4 is 62.8 Å². The second kappa shape index (κ2) is 7.34. The molecule has 0 saturated carbocycles. The Bertz CT molecular complexity index is 1070. The Labute approximate surface area is 162 Å². The van der Waals surface area contributed by atoms with Crippen LogP contribution in [0.4, 0.5) is 10.5 Å². The fourth-order valence-corrected chi connectivity index (χ4v) is 4.25. The van der Waals surface area contributed by atoms with Crippen molar-refractivity contribution in [2.45, 2.75) is 0 Å². The van der Waals surface area contributed by atoms with Crippen LogP contribution < -0.4 is 5.32 Å². The third kappa shape index (κ3) is 3.62. The molecule has 1 aliphatic heterocycles. The molecule has 4 rings (SSSR count). The Kier molecular flexibility index (Phi) is 4.74. The van der Waals surface area contributed by atoms with Gasteiger partial charge in [0.1, 0.15) is 6.54 Å². The van der Waals surface area contributed by atoms with E-state index < -0.39 is 17.1 Å². The molecule has 8 heteroatoms. The molecule has 0 aliphatic carbocycles. The molecule has 2 aromatic heterocycles. The van der Waals surface area contributed by atoms with Crippen LogP contribution in [0.2, 0.25) is 0 Å². The molecular formula is C19H13N3O3S2.